The van der Waals surface area contributed by atoms with Gasteiger partial charge in [-0.3, -0.25) is 0 Å². The van der Waals surface area contributed by atoms with Gasteiger partial charge in [0.15, 0.2) is 11.5 Å². The van der Waals surface area contributed by atoms with Crippen molar-refractivity contribution in [3.63, 3.8) is 0 Å². The summed E-state index contributed by atoms with van der Waals surface area (Å²) in [6.07, 6.45) is -0.0160. The van der Waals surface area contributed by atoms with Gasteiger partial charge in [-0.2, -0.15) is 0 Å². The molecular formula is C9H12O3. The first kappa shape index (κ1) is 8.71. The van der Waals surface area contributed by atoms with E-state index < -0.39 is 0 Å². The Morgan fingerprint density at radius 2 is 1.92 bits per heavy atom. The highest BCUT2D eigenvalue weighted by atomic mass is 16.5. The van der Waals surface area contributed by atoms with Crippen molar-refractivity contribution in [1.29, 1.82) is 0 Å². The van der Waals surface area contributed by atoms with E-state index >= 15 is 0 Å². The van der Waals surface area contributed by atoms with E-state index in [0.29, 0.717) is 5.75 Å². The van der Waals surface area contributed by atoms with E-state index in [4.69, 9.17) is 9.84 Å². The summed E-state index contributed by atoms with van der Waals surface area (Å²) in [5.74, 6) is 0.440. The number of phenolic OH excluding ortho intramolecular Hbond substituents is 2. The van der Waals surface area contributed by atoms with Gasteiger partial charge in [0.25, 0.3) is 0 Å². The maximum atomic E-state index is 9.25. The molecule has 0 aromatic heterocycles. The van der Waals surface area contributed by atoms with Crippen molar-refractivity contribution >= 4 is 0 Å². The van der Waals surface area contributed by atoms with E-state index in [0.717, 1.165) is 0 Å². The molecule has 2 N–H and O–H groups in total. The molecule has 3 nitrogen and oxygen atoms in total. The van der Waals surface area contributed by atoms with Crippen LogP contribution in [0.5, 0.6) is 17.2 Å². The Balaban J connectivity index is 2.90. The second kappa shape index (κ2) is 3.34. The first-order chi connectivity index (χ1) is 5.59. The molecule has 0 aliphatic rings. The summed E-state index contributed by atoms with van der Waals surface area (Å²) in [5.41, 5.74) is 0. The molecule has 0 spiro atoms. The minimum atomic E-state index is -0.0160. The molecule has 0 aliphatic heterocycles. The number of ether oxygens (including phenoxy) is 1. The van der Waals surface area contributed by atoms with Crippen LogP contribution >= 0.6 is 0 Å². The number of hydrogen-bond donors (Lipinski definition) is 2. The zero-order valence-corrected chi connectivity index (χ0v) is 7.11. The standard InChI is InChI=1S/C9H12O3/c1-6(2)12-9-5-7(10)3-4-8(9)11/h3-6,10-11H,1-2H3. The van der Waals surface area contributed by atoms with Crippen molar-refractivity contribution in [1.82, 2.24) is 0 Å². The molecule has 3 heteroatoms. The molecule has 0 unspecified atom stereocenters. The van der Waals surface area contributed by atoms with Crippen molar-refractivity contribution in [2.75, 3.05) is 0 Å². The average Bonchev–Trinajstić information content (AvgIpc) is 1.96. The third-order valence-electron chi connectivity index (χ3n) is 1.31. The fourth-order valence-electron chi connectivity index (χ4n) is 0.851. The lowest BCUT2D eigenvalue weighted by molar-refractivity contribution is 0.231. The minimum Gasteiger partial charge on any atom is -0.508 e. The number of phenols is 2. The average molecular weight is 168 g/mol. The van der Waals surface area contributed by atoms with Gasteiger partial charge in [-0.25, -0.2) is 0 Å². The van der Waals surface area contributed by atoms with Gasteiger partial charge in [0, 0.05) is 6.07 Å². The number of hydrogen-bond acceptors (Lipinski definition) is 3. The molecule has 1 aromatic carbocycles. The quantitative estimate of drug-likeness (QED) is 0.663. The molecule has 0 saturated heterocycles. The first-order valence-electron chi connectivity index (χ1n) is 3.78. The smallest absolute Gasteiger partial charge is 0.164 e. The topological polar surface area (TPSA) is 49.7 Å². The summed E-state index contributed by atoms with van der Waals surface area (Å²) in [7, 11) is 0. The largest absolute Gasteiger partial charge is 0.508 e. The Morgan fingerprint density at radius 1 is 1.25 bits per heavy atom. The second-order valence-corrected chi connectivity index (χ2v) is 2.82. The van der Waals surface area contributed by atoms with Crippen LogP contribution in [0.4, 0.5) is 0 Å². The van der Waals surface area contributed by atoms with E-state index in [-0.39, 0.29) is 17.6 Å². The van der Waals surface area contributed by atoms with Gasteiger partial charge >= 0.3 is 0 Å². The van der Waals surface area contributed by atoms with Crippen molar-refractivity contribution in [2.24, 2.45) is 0 Å². The molecule has 12 heavy (non-hydrogen) atoms. The summed E-state index contributed by atoms with van der Waals surface area (Å²) < 4.78 is 5.22. The van der Waals surface area contributed by atoms with Crippen molar-refractivity contribution < 1.29 is 14.9 Å². The fourth-order valence-corrected chi connectivity index (χ4v) is 0.851. The monoisotopic (exact) mass is 168 g/mol. The normalized spacial score (nSPS) is 10.2. The van der Waals surface area contributed by atoms with Gasteiger partial charge in [0.1, 0.15) is 5.75 Å². The molecular weight excluding hydrogens is 156 g/mol. The SMILES string of the molecule is CC(C)Oc1cc(O)ccc1O. The Labute approximate surface area is 71.2 Å². The summed E-state index contributed by atoms with van der Waals surface area (Å²) >= 11 is 0. The van der Waals surface area contributed by atoms with Crippen LogP contribution in [0, 0.1) is 0 Å². The van der Waals surface area contributed by atoms with Gasteiger partial charge in [-0.05, 0) is 26.0 Å². The lowest BCUT2D eigenvalue weighted by atomic mass is 10.3. The summed E-state index contributed by atoms with van der Waals surface area (Å²) in [4.78, 5) is 0. The van der Waals surface area contributed by atoms with Crippen LogP contribution in [0.15, 0.2) is 18.2 Å². The maximum absolute atomic E-state index is 9.25. The summed E-state index contributed by atoms with van der Waals surface area (Å²) in [6.45, 7) is 3.70. The minimum absolute atomic E-state index is 0.0160. The Bertz CT molecular complexity index is 268. The van der Waals surface area contributed by atoms with E-state index in [1.807, 2.05) is 13.8 Å². The van der Waals surface area contributed by atoms with Gasteiger partial charge in [-0.15, -0.1) is 0 Å². The van der Waals surface area contributed by atoms with E-state index in [9.17, 15) is 5.11 Å². The molecule has 1 rings (SSSR count). The summed E-state index contributed by atoms with van der Waals surface area (Å²) in [6, 6.07) is 4.19. The third kappa shape index (κ3) is 2.05. The molecule has 0 atom stereocenters. The lowest BCUT2D eigenvalue weighted by Crippen LogP contribution is -2.05. The number of rotatable bonds is 2. The highest BCUT2D eigenvalue weighted by Gasteiger charge is 2.04. The Hall–Kier alpha value is -1.38. The van der Waals surface area contributed by atoms with Gasteiger partial charge in [0.2, 0.25) is 0 Å². The maximum Gasteiger partial charge on any atom is 0.164 e. The van der Waals surface area contributed by atoms with Crippen LogP contribution in [0.25, 0.3) is 0 Å². The van der Waals surface area contributed by atoms with Crippen molar-refractivity contribution in [2.45, 2.75) is 20.0 Å². The van der Waals surface area contributed by atoms with Crippen LogP contribution in [0.3, 0.4) is 0 Å². The van der Waals surface area contributed by atoms with Crippen LogP contribution in [0.2, 0.25) is 0 Å². The molecule has 0 fully saturated rings. The van der Waals surface area contributed by atoms with Crippen molar-refractivity contribution in [3.8, 4) is 17.2 Å². The molecule has 0 aliphatic carbocycles. The number of aromatic hydroxyl groups is 2. The molecule has 0 bridgehead atoms. The number of benzene rings is 1. The van der Waals surface area contributed by atoms with E-state index in [1.165, 1.54) is 18.2 Å². The fraction of sp³-hybridized carbons (Fsp3) is 0.333. The highest BCUT2D eigenvalue weighted by Crippen LogP contribution is 2.30. The van der Waals surface area contributed by atoms with E-state index in [2.05, 4.69) is 0 Å². The predicted molar refractivity (Wildman–Crippen MR) is 45.5 cm³/mol. The van der Waals surface area contributed by atoms with Crippen LogP contribution in [-0.4, -0.2) is 16.3 Å². The summed E-state index contributed by atoms with van der Waals surface area (Å²) in [5, 5.41) is 18.3. The van der Waals surface area contributed by atoms with Crippen molar-refractivity contribution in [3.05, 3.63) is 18.2 Å². The van der Waals surface area contributed by atoms with Crippen LogP contribution < -0.4 is 4.74 Å². The first-order valence-corrected chi connectivity index (χ1v) is 3.78. The van der Waals surface area contributed by atoms with Gasteiger partial charge in [0.05, 0.1) is 6.10 Å². The molecule has 0 saturated carbocycles. The van der Waals surface area contributed by atoms with Gasteiger partial charge in [-0.1, -0.05) is 0 Å². The Morgan fingerprint density at radius 3 is 2.50 bits per heavy atom. The zero-order chi connectivity index (χ0) is 9.14. The Kier molecular flexibility index (Phi) is 2.43. The molecule has 0 radical (unpaired) electrons. The lowest BCUT2D eigenvalue weighted by Gasteiger charge is -2.10. The van der Waals surface area contributed by atoms with Gasteiger partial charge < -0.3 is 14.9 Å². The predicted octanol–water partition coefficient (Wildman–Crippen LogP) is 1.89. The van der Waals surface area contributed by atoms with Crippen LogP contribution in [-0.2, 0) is 0 Å². The highest BCUT2D eigenvalue weighted by molar-refractivity contribution is 5.43. The molecule has 0 heterocycles. The molecule has 66 valence electrons. The third-order valence-corrected chi connectivity index (χ3v) is 1.31. The molecule has 1 aromatic rings. The van der Waals surface area contributed by atoms with E-state index in [1.54, 1.807) is 0 Å². The zero-order valence-electron chi connectivity index (χ0n) is 7.11. The van der Waals surface area contributed by atoms with Crippen LogP contribution in [0.1, 0.15) is 13.8 Å². The molecule has 0 amide bonds. The second-order valence-electron chi connectivity index (χ2n) is 2.82.